The van der Waals surface area contributed by atoms with E-state index in [0.717, 1.165) is 42.1 Å². The summed E-state index contributed by atoms with van der Waals surface area (Å²) in [6.07, 6.45) is 8.17. The second-order valence-electron chi connectivity index (χ2n) is 9.93. The van der Waals surface area contributed by atoms with Gasteiger partial charge in [-0.15, -0.1) is 0 Å². The van der Waals surface area contributed by atoms with E-state index in [0.29, 0.717) is 24.9 Å². The number of amides is 1. The summed E-state index contributed by atoms with van der Waals surface area (Å²) in [5, 5.41) is 12.4. The molecule has 10 nitrogen and oxygen atoms in total. The van der Waals surface area contributed by atoms with Crippen LogP contribution in [-0.4, -0.2) is 78.3 Å². The van der Waals surface area contributed by atoms with Crippen molar-refractivity contribution in [1.82, 2.24) is 39.2 Å². The van der Waals surface area contributed by atoms with Gasteiger partial charge in [-0.25, -0.2) is 9.67 Å². The molecule has 0 radical (unpaired) electrons. The number of likely N-dealkylation sites (tertiary alicyclic amines) is 1. The molecule has 1 aromatic carbocycles. The number of benzene rings is 1. The molecule has 1 aliphatic heterocycles. The molecule has 0 spiro atoms. The number of carbonyl (C=O) groups is 1. The number of nitrogens with one attached hydrogen (secondary N) is 1. The molecular formula is C27H35N9O. The van der Waals surface area contributed by atoms with Crippen molar-refractivity contribution >= 4 is 17.5 Å². The molecule has 37 heavy (non-hydrogen) atoms. The van der Waals surface area contributed by atoms with Crippen LogP contribution in [0.5, 0.6) is 0 Å². The molecule has 5 rings (SSSR count). The van der Waals surface area contributed by atoms with Crippen molar-refractivity contribution in [2.45, 2.75) is 45.6 Å². The summed E-state index contributed by atoms with van der Waals surface area (Å²) in [4.78, 5) is 26.8. The van der Waals surface area contributed by atoms with E-state index in [-0.39, 0.29) is 18.2 Å². The Labute approximate surface area is 217 Å². The van der Waals surface area contributed by atoms with Crippen LogP contribution in [0, 0.1) is 0 Å². The molecule has 3 aromatic heterocycles. The number of hydrogen-bond acceptors (Lipinski definition) is 7. The predicted octanol–water partition coefficient (Wildman–Crippen LogP) is 3.14. The van der Waals surface area contributed by atoms with Gasteiger partial charge in [0.1, 0.15) is 5.82 Å². The van der Waals surface area contributed by atoms with Crippen LogP contribution >= 0.6 is 0 Å². The lowest BCUT2D eigenvalue weighted by atomic mass is 10.1. The van der Waals surface area contributed by atoms with Gasteiger partial charge in [0.2, 0.25) is 11.9 Å². The summed E-state index contributed by atoms with van der Waals surface area (Å²) in [5.74, 6) is 1.32. The quantitative estimate of drug-likeness (QED) is 0.357. The molecule has 1 amide bonds. The molecule has 194 valence electrons. The number of hydrogen-bond donors (Lipinski definition) is 1. The summed E-state index contributed by atoms with van der Waals surface area (Å²) < 4.78 is 3.58. The van der Waals surface area contributed by atoms with E-state index in [9.17, 15) is 4.79 Å². The standard InChI is InChI=1S/C27H35N9O/c1-20(2)22-19-30-36-26(22)31-24(17-25(37)33(3)15-16-34-12-6-7-13-34)32-27(36)28-18-21-9-4-5-10-23(21)35-14-8-11-29-35/h4-5,8-11,14,19-20H,6-7,12-13,15-18H2,1-3H3,(H,28,31,32). The minimum Gasteiger partial charge on any atom is -0.350 e. The Morgan fingerprint density at radius 3 is 2.68 bits per heavy atom. The van der Waals surface area contributed by atoms with Gasteiger partial charge in [-0.2, -0.15) is 19.7 Å². The van der Waals surface area contributed by atoms with Gasteiger partial charge in [-0.1, -0.05) is 32.0 Å². The monoisotopic (exact) mass is 501 g/mol. The summed E-state index contributed by atoms with van der Waals surface area (Å²) in [7, 11) is 1.86. The maximum Gasteiger partial charge on any atom is 0.230 e. The fourth-order valence-electron chi connectivity index (χ4n) is 4.70. The van der Waals surface area contributed by atoms with Gasteiger partial charge in [0.15, 0.2) is 5.65 Å². The highest BCUT2D eigenvalue weighted by Crippen LogP contribution is 2.22. The molecule has 4 heterocycles. The lowest BCUT2D eigenvalue weighted by Gasteiger charge is -2.21. The van der Waals surface area contributed by atoms with Crippen LogP contribution < -0.4 is 5.32 Å². The third-order valence-electron chi connectivity index (χ3n) is 6.93. The van der Waals surface area contributed by atoms with Crippen LogP contribution in [0.25, 0.3) is 11.3 Å². The van der Waals surface area contributed by atoms with Crippen molar-refractivity contribution in [3.63, 3.8) is 0 Å². The van der Waals surface area contributed by atoms with Gasteiger partial charge < -0.3 is 15.1 Å². The van der Waals surface area contributed by atoms with Gasteiger partial charge in [0, 0.05) is 44.6 Å². The predicted molar refractivity (Wildman–Crippen MR) is 143 cm³/mol. The average molecular weight is 502 g/mol. The Bertz CT molecular complexity index is 1340. The van der Waals surface area contributed by atoms with Crippen molar-refractivity contribution < 1.29 is 4.79 Å². The smallest absolute Gasteiger partial charge is 0.230 e. The van der Waals surface area contributed by atoms with E-state index in [1.807, 2.05) is 48.4 Å². The highest BCUT2D eigenvalue weighted by atomic mass is 16.2. The molecule has 1 saturated heterocycles. The Morgan fingerprint density at radius 2 is 1.92 bits per heavy atom. The van der Waals surface area contributed by atoms with E-state index >= 15 is 0 Å². The van der Waals surface area contributed by atoms with E-state index < -0.39 is 0 Å². The average Bonchev–Trinajstić information content (AvgIpc) is 3.68. The first-order valence-corrected chi connectivity index (χ1v) is 13.0. The van der Waals surface area contributed by atoms with Gasteiger partial charge in [0.25, 0.3) is 0 Å². The molecule has 1 fully saturated rings. The van der Waals surface area contributed by atoms with Gasteiger partial charge in [0.05, 0.1) is 18.3 Å². The van der Waals surface area contributed by atoms with Crippen molar-refractivity contribution in [3.8, 4) is 5.69 Å². The van der Waals surface area contributed by atoms with Crippen LogP contribution in [0.15, 0.2) is 48.9 Å². The van der Waals surface area contributed by atoms with E-state index in [1.165, 1.54) is 12.8 Å². The lowest BCUT2D eigenvalue weighted by molar-refractivity contribution is -0.129. The third-order valence-corrected chi connectivity index (χ3v) is 6.93. The number of rotatable bonds is 10. The number of aromatic nitrogens is 6. The largest absolute Gasteiger partial charge is 0.350 e. The zero-order valence-corrected chi connectivity index (χ0v) is 21.8. The second kappa shape index (κ2) is 11.1. The maximum atomic E-state index is 13.1. The molecule has 1 aliphatic rings. The summed E-state index contributed by atoms with van der Waals surface area (Å²) >= 11 is 0. The molecular weight excluding hydrogens is 466 g/mol. The molecule has 0 saturated carbocycles. The van der Waals surface area contributed by atoms with Crippen LogP contribution in [0.3, 0.4) is 0 Å². The van der Waals surface area contributed by atoms with E-state index in [1.54, 1.807) is 15.6 Å². The minimum atomic E-state index is 0.0177. The van der Waals surface area contributed by atoms with E-state index in [4.69, 9.17) is 9.97 Å². The Kier molecular flexibility index (Phi) is 7.45. The first-order valence-electron chi connectivity index (χ1n) is 13.0. The SMILES string of the molecule is CC(C)c1cnn2c(NCc3ccccc3-n3cccn3)nc(CC(=O)N(C)CCN3CCCC3)nc12. The number of carbonyl (C=O) groups excluding carboxylic acids is 1. The van der Waals surface area contributed by atoms with Gasteiger partial charge >= 0.3 is 0 Å². The molecule has 4 aromatic rings. The van der Waals surface area contributed by atoms with Crippen molar-refractivity contribution in [2.75, 3.05) is 38.5 Å². The first-order chi connectivity index (χ1) is 18.0. The van der Waals surface area contributed by atoms with Crippen molar-refractivity contribution in [3.05, 3.63) is 65.9 Å². The maximum absolute atomic E-state index is 13.1. The van der Waals surface area contributed by atoms with Crippen LogP contribution in [-0.2, 0) is 17.8 Å². The van der Waals surface area contributed by atoms with E-state index in [2.05, 4.69) is 40.3 Å². The zero-order chi connectivity index (χ0) is 25.8. The van der Waals surface area contributed by atoms with Crippen molar-refractivity contribution in [2.24, 2.45) is 0 Å². The fraction of sp³-hybridized carbons (Fsp3) is 0.444. The van der Waals surface area contributed by atoms with Gasteiger partial charge in [-0.3, -0.25) is 4.79 Å². The molecule has 0 atom stereocenters. The minimum absolute atomic E-state index is 0.0177. The Hall–Kier alpha value is -3.79. The van der Waals surface area contributed by atoms with Crippen LogP contribution in [0.4, 0.5) is 5.95 Å². The molecule has 1 N–H and O–H groups in total. The highest BCUT2D eigenvalue weighted by Gasteiger charge is 2.19. The molecule has 10 heteroatoms. The number of nitrogens with zero attached hydrogens (tertiary/aromatic N) is 8. The Morgan fingerprint density at radius 1 is 1.11 bits per heavy atom. The normalized spacial score (nSPS) is 14.1. The number of anilines is 1. The fourth-order valence-corrected chi connectivity index (χ4v) is 4.70. The third kappa shape index (κ3) is 5.64. The lowest BCUT2D eigenvalue weighted by Crippen LogP contribution is -2.36. The number of para-hydroxylation sites is 1. The van der Waals surface area contributed by atoms with Gasteiger partial charge in [-0.05, 0) is 49.5 Å². The highest BCUT2D eigenvalue weighted by molar-refractivity contribution is 5.78. The molecule has 0 unspecified atom stereocenters. The van der Waals surface area contributed by atoms with Crippen LogP contribution in [0.1, 0.15) is 49.6 Å². The molecule has 0 aliphatic carbocycles. The topological polar surface area (TPSA) is 96.5 Å². The summed E-state index contributed by atoms with van der Waals surface area (Å²) in [6, 6.07) is 10.0. The summed E-state index contributed by atoms with van der Waals surface area (Å²) in [6.45, 7) is 8.61. The molecule has 0 bridgehead atoms. The number of fused-ring (bicyclic) bond motifs is 1. The Balaban J connectivity index is 1.37. The number of likely N-dealkylation sites (N-methyl/N-ethyl adjacent to an activating group) is 1. The van der Waals surface area contributed by atoms with Crippen LogP contribution in [0.2, 0.25) is 0 Å². The summed E-state index contributed by atoms with van der Waals surface area (Å²) in [5.41, 5.74) is 3.81. The second-order valence-corrected chi connectivity index (χ2v) is 9.93. The van der Waals surface area contributed by atoms with Crippen molar-refractivity contribution in [1.29, 1.82) is 0 Å². The first kappa shape index (κ1) is 24.9. The zero-order valence-electron chi connectivity index (χ0n) is 21.8.